The van der Waals surface area contributed by atoms with E-state index >= 15 is 0 Å². The van der Waals surface area contributed by atoms with Gasteiger partial charge in [-0.25, -0.2) is 4.39 Å². The van der Waals surface area contributed by atoms with Crippen molar-refractivity contribution in [2.75, 3.05) is 39.9 Å². The number of halogens is 1. The number of carbonyl (C=O) groups is 1. The van der Waals surface area contributed by atoms with Gasteiger partial charge in [-0.2, -0.15) is 0 Å². The molecule has 2 aromatic carbocycles. The highest BCUT2D eigenvalue weighted by molar-refractivity contribution is 7.21. The van der Waals surface area contributed by atoms with Crippen molar-refractivity contribution in [3.05, 3.63) is 64.3 Å². The number of ether oxygens (including phenoxy) is 2. The lowest BCUT2D eigenvalue weighted by atomic mass is 10.1. The molecule has 1 aliphatic rings. The standard InChI is InChI=1S/C24H27FN2O3S/c1-3-30-18-9-7-17(8-10-18)15-26-11-13-27(14-12-26)24(28)23-19(16-29-2)22-20(25)5-4-6-21(22)31-23/h4-10H,3,11-16H2,1-2H3. The molecule has 0 atom stereocenters. The monoisotopic (exact) mass is 442 g/mol. The number of piperazine rings is 1. The van der Waals surface area contributed by atoms with Gasteiger partial charge < -0.3 is 14.4 Å². The summed E-state index contributed by atoms with van der Waals surface area (Å²) in [6.45, 7) is 6.61. The number of hydrogen-bond donors (Lipinski definition) is 0. The molecular formula is C24H27FN2O3S. The van der Waals surface area contributed by atoms with Crippen LogP contribution < -0.4 is 4.74 Å². The molecule has 1 saturated heterocycles. The summed E-state index contributed by atoms with van der Waals surface area (Å²) in [5.74, 6) is 0.543. The average Bonchev–Trinajstić information content (AvgIpc) is 3.15. The Morgan fingerprint density at radius 3 is 2.52 bits per heavy atom. The molecular weight excluding hydrogens is 415 g/mol. The van der Waals surface area contributed by atoms with Gasteiger partial charge in [0.1, 0.15) is 11.6 Å². The number of thiophene rings is 1. The number of amides is 1. The van der Waals surface area contributed by atoms with Gasteiger partial charge >= 0.3 is 0 Å². The Kier molecular flexibility index (Phi) is 6.85. The Morgan fingerprint density at radius 1 is 1.10 bits per heavy atom. The van der Waals surface area contributed by atoms with Gasteiger partial charge in [-0.15, -0.1) is 11.3 Å². The number of benzene rings is 2. The summed E-state index contributed by atoms with van der Waals surface area (Å²) in [6, 6.07) is 13.1. The summed E-state index contributed by atoms with van der Waals surface area (Å²) in [7, 11) is 1.57. The van der Waals surface area contributed by atoms with Gasteiger partial charge in [0.15, 0.2) is 0 Å². The van der Waals surface area contributed by atoms with Crippen LogP contribution in [0, 0.1) is 5.82 Å². The fourth-order valence-corrected chi connectivity index (χ4v) is 5.18. The maximum Gasteiger partial charge on any atom is 0.264 e. The lowest BCUT2D eigenvalue weighted by molar-refractivity contribution is 0.0629. The van der Waals surface area contributed by atoms with E-state index in [1.165, 1.54) is 23.0 Å². The molecule has 1 amide bonds. The molecule has 0 radical (unpaired) electrons. The summed E-state index contributed by atoms with van der Waals surface area (Å²) in [5, 5.41) is 0.506. The van der Waals surface area contributed by atoms with Crippen molar-refractivity contribution in [1.82, 2.24) is 9.80 Å². The van der Waals surface area contributed by atoms with Gasteiger partial charge in [0.05, 0.1) is 18.1 Å². The molecule has 1 aliphatic heterocycles. The molecule has 0 unspecified atom stereocenters. The predicted octanol–water partition coefficient (Wildman–Crippen LogP) is 4.54. The van der Waals surface area contributed by atoms with Crippen molar-refractivity contribution in [3.8, 4) is 5.75 Å². The second-order valence-electron chi connectivity index (χ2n) is 7.60. The highest BCUT2D eigenvalue weighted by Gasteiger charge is 2.27. The Bertz CT molecular complexity index is 1040. The molecule has 0 bridgehead atoms. The molecule has 5 nitrogen and oxygen atoms in total. The number of fused-ring (bicyclic) bond motifs is 1. The number of methoxy groups -OCH3 is 1. The van der Waals surface area contributed by atoms with Crippen LogP contribution in [0.1, 0.15) is 27.7 Å². The first-order chi connectivity index (χ1) is 15.1. The Hall–Kier alpha value is -2.48. The van der Waals surface area contributed by atoms with Crippen molar-refractivity contribution in [2.24, 2.45) is 0 Å². The third kappa shape index (κ3) is 4.74. The van der Waals surface area contributed by atoms with Crippen LogP contribution in [0.2, 0.25) is 0 Å². The summed E-state index contributed by atoms with van der Waals surface area (Å²) >= 11 is 1.35. The summed E-state index contributed by atoms with van der Waals surface area (Å²) in [4.78, 5) is 18.1. The van der Waals surface area contributed by atoms with Crippen LogP contribution in [0.15, 0.2) is 42.5 Å². The average molecular weight is 443 g/mol. The van der Waals surface area contributed by atoms with E-state index in [0.29, 0.717) is 35.5 Å². The summed E-state index contributed by atoms with van der Waals surface area (Å²) < 4.78 is 26.0. The van der Waals surface area contributed by atoms with Crippen molar-refractivity contribution in [2.45, 2.75) is 20.1 Å². The van der Waals surface area contributed by atoms with Crippen LogP contribution in [0.5, 0.6) is 5.75 Å². The second kappa shape index (κ2) is 9.77. The minimum atomic E-state index is -0.306. The SMILES string of the molecule is CCOc1ccc(CN2CCN(C(=O)c3sc4cccc(F)c4c3COC)CC2)cc1. The van der Waals surface area contributed by atoms with Crippen LogP contribution >= 0.6 is 11.3 Å². The number of rotatable bonds is 7. The predicted molar refractivity (Wildman–Crippen MR) is 121 cm³/mol. The highest BCUT2D eigenvalue weighted by Crippen LogP contribution is 2.34. The molecule has 0 saturated carbocycles. The van der Waals surface area contributed by atoms with Gasteiger partial charge in [0.25, 0.3) is 5.91 Å². The topological polar surface area (TPSA) is 42.0 Å². The van der Waals surface area contributed by atoms with Crippen LogP contribution in [-0.2, 0) is 17.9 Å². The summed E-state index contributed by atoms with van der Waals surface area (Å²) in [6.07, 6.45) is 0. The first-order valence-electron chi connectivity index (χ1n) is 10.5. The van der Waals surface area contributed by atoms with Gasteiger partial charge in [-0.05, 0) is 36.8 Å². The molecule has 1 fully saturated rings. The molecule has 164 valence electrons. The van der Waals surface area contributed by atoms with Gasteiger partial charge in [0, 0.05) is 55.5 Å². The molecule has 0 aliphatic carbocycles. The molecule has 7 heteroatoms. The van der Waals surface area contributed by atoms with Gasteiger partial charge in [-0.3, -0.25) is 9.69 Å². The van der Waals surface area contributed by atoms with E-state index < -0.39 is 0 Å². The van der Waals surface area contributed by atoms with Crippen LogP contribution in [0.3, 0.4) is 0 Å². The molecule has 2 heterocycles. The summed E-state index contributed by atoms with van der Waals surface area (Å²) in [5.41, 5.74) is 1.88. The van der Waals surface area contributed by atoms with Crippen LogP contribution in [0.25, 0.3) is 10.1 Å². The van der Waals surface area contributed by atoms with E-state index in [-0.39, 0.29) is 18.3 Å². The largest absolute Gasteiger partial charge is 0.494 e. The van der Waals surface area contributed by atoms with Crippen molar-refractivity contribution < 1.29 is 18.7 Å². The Balaban J connectivity index is 1.42. The second-order valence-corrected chi connectivity index (χ2v) is 8.65. The van der Waals surface area contributed by atoms with E-state index in [9.17, 15) is 9.18 Å². The quantitative estimate of drug-likeness (QED) is 0.539. The maximum atomic E-state index is 14.4. The van der Waals surface area contributed by atoms with Gasteiger partial charge in [-0.1, -0.05) is 18.2 Å². The van der Waals surface area contributed by atoms with Crippen LogP contribution in [0.4, 0.5) is 4.39 Å². The number of hydrogen-bond acceptors (Lipinski definition) is 5. The third-order valence-electron chi connectivity index (χ3n) is 5.55. The van der Waals surface area contributed by atoms with Crippen molar-refractivity contribution in [1.29, 1.82) is 0 Å². The molecule has 1 aromatic heterocycles. The van der Waals surface area contributed by atoms with Gasteiger partial charge in [0.2, 0.25) is 0 Å². The Morgan fingerprint density at radius 2 is 1.84 bits per heavy atom. The van der Waals surface area contributed by atoms with Crippen molar-refractivity contribution in [3.63, 3.8) is 0 Å². The first-order valence-corrected chi connectivity index (χ1v) is 11.3. The number of carbonyl (C=O) groups excluding carboxylic acids is 1. The Labute approximate surface area is 186 Å². The zero-order valence-corrected chi connectivity index (χ0v) is 18.7. The number of nitrogens with zero attached hydrogens (tertiary/aromatic N) is 2. The van der Waals surface area contributed by atoms with E-state index in [1.54, 1.807) is 13.2 Å². The molecule has 4 rings (SSSR count). The normalized spacial score (nSPS) is 14.9. The third-order valence-corrected chi connectivity index (χ3v) is 6.73. The molecule has 31 heavy (non-hydrogen) atoms. The zero-order chi connectivity index (χ0) is 21.8. The lowest BCUT2D eigenvalue weighted by Crippen LogP contribution is -2.48. The van der Waals surface area contributed by atoms with E-state index in [2.05, 4.69) is 17.0 Å². The highest BCUT2D eigenvalue weighted by atomic mass is 32.1. The zero-order valence-electron chi connectivity index (χ0n) is 17.9. The smallest absolute Gasteiger partial charge is 0.264 e. The fourth-order valence-electron chi connectivity index (χ4n) is 3.99. The van der Waals surface area contributed by atoms with E-state index in [1.807, 2.05) is 30.0 Å². The molecule has 0 N–H and O–H groups in total. The molecule has 0 spiro atoms. The molecule has 3 aromatic rings. The first kappa shape index (κ1) is 21.7. The lowest BCUT2D eigenvalue weighted by Gasteiger charge is -2.34. The van der Waals surface area contributed by atoms with Crippen molar-refractivity contribution >= 4 is 27.3 Å². The van der Waals surface area contributed by atoms with E-state index in [4.69, 9.17) is 9.47 Å². The van der Waals surface area contributed by atoms with Crippen LogP contribution in [-0.4, -0.2) is 55.6 Å². The minimum absolute atomic E-state index is 0.0339. The maximum absolute atomic E-state index is 14.4. The van der Waals surface area contributed by atoms with E-state index in [0.717, 1.165) is 30.1 Å². The fraction of sp³-hybridized carbons (Fsp3) is 0.375. The minimum Gasteiger partial charge on any atom is -0.494 e.